The van der Waals surface area contributed by atoms with Crippen LogP contribution in [0.2, 0.25) is 0 Å². The maximum Gasteiger partial charge on any atom is 0.272 e. The van der Waals surface area contributed by atoms with Gasteiger partial charge < -0.3 is 34.2 Å². The van der Waals surface area contributed by atoms with Crippen LogP contribution < -0.4 is 19.5 Å². The Labute approximate surface area is 236 Å². The molecule has 3 aromatic heterocycles. The van der Waals surface area contributed by atoms with Crippen molar-refractivity contribution in [2.75, 3.05) is 27.9 Å². The number of aliphatic hydroxyl groups excluding tert-OH is 1. The fraction of sp³-hybridized carbons (Fsp3) is 0.258. The van der Waals surface area contributed by atoms with Crippen LogP contribution in [0, 0.1) is 0 Å². The van der Waals surface area contributed by atoms with Crippen molar-refractivity contribution in [1.82, 2.24) is 24.8 Å². The smallest absolute Gasteiger partial charge is 0.272 e. The first-order valence-electron chi connectivity index (χ1n) is 13.4. The molecule has 1 aliphatic rings. The lowest BCUT2D eigenvalue weighted by Crippen LogP contribution is -2.39. The second-order valence-corrected chi connectivity index (χ2v) is 9.88. The molecule has 0 saturated carbocycles. The number of amides is 1. The van der Waals surface area contributed by atoms with E-state index in [0.29, 0.717) is 53.8 Å². The number of ether oxygens (including phenoxy) is 3. The van der Waals surface area contributed by atoms with E-state index in [1.54, 1.807) is 33.6 Å². The lowest BCUT2D eigenvalue weighted by atomic mass is 9.99. The van der Waals surface area contributed by atoms with Crippen molar-refractivity contribution in [2.24, 2.45) is 0 Å². The van der Waals surface area contributed by atoms with Gasteiger partial charge in [-0.2, -0.15) is 0 Å². The number of aromatic nitrogens is 4. The van der Waals surface area contributed by atoms with Crippen molar-refractivity contribution in [3.05, 3.63) is 77.7 Å². The Kier molecular flexibility index (Phi) is 7.07. The molecule has 0 radical (unpaired) electrons. The lowest BCUT2D eigenvalue weighted by molar-refractivity contribution is 0.0912. The Morgan fingerprint density at radius 2 is 1.88 bits per heavy atom. The third-order valence-corrected chi connectivity index (χ3v) is 7.55. The molecule has 3 N–H and O–H groups in total. The number of hydrogen-bond acceptors (Lipinski definition) is 7. The van der Waals surface area contributed by atoms with Crippen molar-refractivity contribution in [1.29, 1.82) is 0 Å². The average molecular weight is 554 g/mol. The summed E-state index contributed by atoms with van der Waals surface area (Å²) in [4.78, 5) is 26.5. The maximum absolute atomic E-state index is 13.9. The number of fused-ring (bicyclic) bond motifs is 4. The summed E-state index contributed by atoms with van der Waals surface area (Å²) in [6.45, 7) is 0.356. The fourth-order valence-electron chi connectivity index (χ4n) is 5.59. The molecule has 0 fully saturated rings. The summed E-state index contributed by atoms with van der Waals surface area (Å²) in [6.07, 6.45) is 4.71. The highest BCUT2D eigenvalue weighted by Gasteiger charge is 2.31. The third kappa shape index (κ3) is 4.66. The second-order valence-electron chi connectivity index (χ2n) is 9.88. The zero-order chi connectivity index (χ0) is 28.5. The third-order valence-electron chi connectivity index (χ3n) is 7.55. The zero-order valence-corrected chi connectivity index (χ0v) is 23.1. The Morgan fingerprint density at radius 3 is 2.66 bits per heavy atom. The Hall–Kier alpha value is -4.83. The van der Waals surface area contributed by atoms with Crippen molar-refractivity contribution >= 4 is 16.8 Å². The highest BCUT2D eigenvalue weighted by atomic mass is 16.5. The van der Waals surface area contributed by atoms with E-state index in [0.717, 1.165) is 27.6 Å². The summed E-state index contributed by atoms with van der Waals surface area (Å²) in [7, 11) is 4.75. The van der Waals surface area contributed by atoms with Gasteiger partial charge in [-0.15, -0.1) is 0 Å². The van der Waals surface area contributed by atoms with E-state index in [9.17, 15) is 9.90 Å². The van der Waals surface area contributed by atoms with Crippen LogP contribution in [0.1, 0.15) is 21.6 Å². The van der Waals surface area contributed by atoms with Crippen LogP contribution in [0.5, 0.6) is 17.4 Å². The van der Waals surface area contributed by atoms with Crippen LogP contribution in [-0.2, 0) is 19.4 Å². The summed E-state index contributed by atoms with van der Waals surface area (Å²) in [5.74, 6) is 1.85. The van der Waals surface area contributed by atoms with E-state index >= 15 is 0 Å². The number of nitrogens with one attached hydrogen (secondary N) is 2. The van der Waals surface area contributed by atoms with Gasteiger partial charge in [0.15, 0.2) is 17.2 Å². The van der Waals surface area contributed by atoms with Crippen molar-refractivity contribution in [3.8, 4) is 40.0 Å². The summed E-state index contributed by atoms with van der Waals surface area (Å²) in [6, 6.07) is 14.9. The van der Waals surface area contributed by atoms with Crippen LogP contribution in [0.4, 0.5) is 0 Å². The average Bonchev–Trinajstić information content (AvgIpc) is 3.61. The maximum atomic E-state index is 13.9. The predicted octanol–water partition coefficient (Wildman–Crippen LogP) is 4.01. The lowest BCUT2D eigenvalue weighted by Gasteiger charge is -2.22. The first-order chi connectivity index (χ1) is 20.1. The van der Waals surface area contributed by atoms with Gasteiger partial charge in [-0.3, -0.25) is 4.79 Å². The van der Waals surface area contributed by atoms with Crippen LogP contribution in [0.15, 0.2) is 60.9 Å². The number of rotatable bonds is 9. The molecule has 0 saturated heterocycles. The highest BCUT2D eigenvalue weighted by molar-refractivity contribution is 6.00. The number of aromatic amines is 1. The SMILES string of the molecule is COc1cc2c(cc1OC)-c1nc(C(=O)NC(CO)Cc3c[nH]c4ccccc34)c(-c3cccnc3OC)n1CC2. The van der Waals surface area contributed by atoms with Crippen molar-refractivity contribution in [2.45, 2.75) is 25.4 Å². The molecule has 41 heavy (non-hydrogen) atoms. The molecule has 0 spiro atoms. The molecule has 1 atom stereocenters. The number of imidazole rings is 1. The van der Waals surface area contributed by atoms with Crippen LogP contribution >= 0.6 is 0 Å². The van der Waals surface area contributed by atoms with Gasteiger partial charge in [-0.25, -0.2) is 9.97 Å². The molecule has 10 heteroatoms. The number of carbonyl (C=O) groups is 1. The molecule has 210 valence electrons. The largest absolute Gasteiger partial charge is 0.493 e. The monoisotopic (exact) mass is 553 g/mol. The minimum absolute atomic E-state index is 0.228. The van der Waals surface area contributed by atoms with Crippen LogP contribution in [0.25, 0.3) is 33.5 Å². The molecule has 1 aliphatic heterocycles. The Balaban J connectivity index is 1.43. The van der Waals surface area contributed by atoms with E-state index in [-0.39, 0.29) is 12.3 Å². The number of H-pyrrole nitrogens is 1. The number of aliphatic hydroxyl groups is 1. The Bertz CT molecular complexity index is 1740. The molecule has 5 aromatic rings. The van der Waals surface area contributed by atoms with E-state index in [4.69, 9.17) is 19.2 Å². The minimum atomic E-state index is -0.527. The number of aryl methyl sites for hydroxylation is 1. The van der Waals surface area contributed by atoms with Crippen LogP contribution in [-0.4, -0.2) is 64.5 Å². The second kappa shape index (κ2) is 11.0. The van der Waals surface area contributed by atoms with Crippen LogP contribution in [0.3, 0.4) is 0 Å². The Morgan fingerprint density at radius 1 is 1.07 bits per heavy atom. The molecule has 0 aliphatic carbocycles. The zero-order valence-electron chi connectivity index (χ0n) is 23.1. The molecule has 2 aromatic carbocycles. The molecule has 0 bridgehead atoms. The quantitative estimate of drug-likeness (QED) is 0.252. The molecule has 6 rings (SSSR count). The standard InChI is InChI=1S/C31H31N5O5/c1-39-25-14-18-10-12-36-28(22-8-6-11-32-31(22)41-3)27(35-29(36)23(18)15-26(25)40-2)30(38)34-20(17-37)13-19-16-33-24-9-5-4-7-21(19)24/h4-9,11,14-16,20,33,37H,10,12-13,17H2,1-3H3,(H,34,38). The van der Waals surface area contributed by atoms with Gasteiger partial charge in [0.05, 0.1) is 45.2 Å². The number of hydrogen-bond donors (Lipinski definition) is 3. The number of carbonyl (C=O) groups excluding carboxylic acids is 1. The van der Waals surface area contributed by atoms with Gasteiger partial charge in [0, 0.05) is 35.4 Å². The minimum Gasteiger partial charge on any atom is -0.493 e. The number of methoxy groups -OCH3 is 3. The normalized spacial score (nSPS) is 12.9. The topological polar surface area (TPSA) is 124 Å². The first kappa shape index (κ1) is 26.4. The van der Waals surface area contributed by atoms with Gasteiger partial charge in [0.2, 0.25) is 5.88 Å². The first-order valence-corrected chi connectivity index (χ1v) is 13.4. The van der Waals surface area contributed by atoms with E-state index in [2.05, 4.69) is 15.3 Å². The summed E-state index contributed by atoms with van der Waals surface area (Å²) < 4.78 is 18.7. The molecule has 1 unspecified atom stereocenters. The van der Waals surface area contributed by atoms with E-state index in [1.807, 2.05) is 53.2 Å². The van der Waals surface area contributed by atoms with Gasteiger partial charge in [0.1, 0.15) is 5.82 Å². The summed E-state index contributed by atoms with van der Waals surface area (Å²) in [5.41, 5.74) is 5.40. The van der Waals surface area contributed by atoms with E-state index in [1.165, 1.54) is 0 Å². The molecular weight excluding hydrogens is 522 g/mol. The van der Waals surface area contributed by atoms with Gasteiger partial charge >= 0.3 is 0 Å². The number of para-hydroxylation sites is 1. The van der Waals surface area contributed by atoms with Crippen molar-refractivity contribution < 1.29 is 24.1 Å². The van der Waals surface area contributed by atoms with Gasteiger partial charge in [-0.05, 0) is 54.3 Å². The summed E-state index contributed by atoms with van der Waals surface area (Å²) >= 11 is 0. The number of benzene rings is 2. The number of pyridine rings is 1. The fourth-order valence-corrected chi connectivity index (χ4v) is 5.59. The number of nitrogens with zero attached hydrogens (tertiary/aromatic N) is 3. The molecule has 1 amide bonds. The van der Waals surface area contributed by atoms with Gasteiger partial charge in [-0.1, -0.05) is 18.2 Å². The molecular formula is C31H31N5O5. The molecule has 10 nitrogen and oxygen atoms in total. The van der Waals surface area contributed by atoms with Crippen molar-refractivity contribution in [3.63, 3.8) is 0 Å². The molecule has 4 heterocycles. The van der Waals surface area contributed by atoms with Gasteiger partial charge in [0.25, 0.3) is 5.91 Å². The predicted molar refractivity (Wildman–Crippen MR) is 155 cm³/mol. The summed E-state index contributed by atoms with van der Waals surface area (Å²) in [5, 5.41) is 14.3. The van der Waals surface area contributed by atoms with E-state index < -0.39 is 11.9 Å². The highest BCUT2D eigenvalue weighted by Crippen LogP contribution is 2.42.